The summed E-state index contributed by atoms with van der Waals surface area (Å²) in [6.45, 7) is 5.53. The van der Waals surface area contributed by atoms with Gasteiger partial charge in [0.2, 0.25) is 5.78 Å². The average Bonchev–Trinajstić information content (AvgIpc) is 2.86. The number of ketones is 1. The van der Waals surface area contributed by atoms with Crippen molar-refractivity contribution >= 4 is 48.4 Å². The number of rotatable bonds is 3. The van der Waals surface area contributed by atoms with Gasteiger partial charge in [-0.1, -0.05) is 13.8 Å². The van der Waals surface area contributed by atoms with E-state index in [1.165, 1.54) is 26.4 Å². The molecular weight excluding hydrogens is 620 g/mol. The highest BCUT2D eigenvalue weighted by Gasteiger charge is 2.42. The van der Waals surface area contributed by atoms with E-state index in [2.05, 4.69) is 31.9 Å². The van der Waals surface area contributed by atoms with Crippen molar-refractivity contribution in [3.63, 3.8) is 0 Å². The maximum atomic E-state index is 13.9. The van der Waals surface area contributed by atoms with Crippen molar-refractivity contribution in [3.05, 3.63) is 67.1 Å². The maximum Gasteiger partial charge on any atom is 0.201 e. The van der Waals surface area contributed by atoms with Gasteiger partial charge in [0.25, 0.3) is 0 Å². The number of phenolic OH excluding ortho intramolecular Hbond substituents is 4. The van der Waals surface area contributed by atoms with E-state index in [4.69, 9.17) is 9.47 Å². The van der Waals surface area contributed by atoms with Crippen molar-refractivity contribution in [2.24, 2.45) is 0 Å². The van der Waals surface area contributed by atoms with Crippen LogP contribution in [0.4, 0.5) is 0 Å². The van der Waals surface area contributed by atoms with Crippen LogP contribution < -0.4 is 9.47 Å². The Hall–Kier alpha value is -3.43. The van der Waals surface area contributed by atoms with Crippen molar-refractivity contribution in [3.8, 4) is 45.6 Å². The highest BCUT2D eigenvalue weighted by Crippen LogP contribution is 2.55. The van der Waals surface area contributed by atoms with E-state index in [-0.39, 0.29) is 44.0 Å². The molecule has 4 aromatic carbocycles. The van der Waals surface area contributed by atoms with Gasteiger partial charge < -0.3 is 29.9 Å². The summed E-state index contributed by atoms with van der Waals surface area (Å²) < 4.78 is 11.2. The number of aryl methyl sites for hydroxylation is 1. The van der Waals surface area contributed by atoms with Gasteiger partial charge in [0.15, 0.2) is 0 Å². The molecular formula is C29H24Br2O7. The molecule has 38 heavy (non-hydrogen) atoms. The van der Waals surface area contributed by atoms with Crippen molar-refractivity contribution in [1.29, 1.82) is 0 Å². The van der Waals surface area contributed by atoms with Crippen LogP contribution >= 0.6 is 31.9 Å². The Kier molecular flexibility index (Phi) is 6.07. The lowest BCUT2D eigenvalue weighted by molar-refractivity contribution is 0.102. The molecule has 196 valence electrons. The molecule has 0 amide bonds. The summed E-state index contributed by atoms with van der Waals surface area (Å²) in [6.07, 6.45) is 0. The smallest absolute Gasteiger partial charge is 0.201 e. The number of hydrogen-bond donors (Lipinski definition) is 4. The molecule has 0 spiro atoms. The minimum Gasteiger partial charge on any atom is -0.507 e. The van der Waals surface area contributed by atoms with Crippen molar-refractivity contribution < 1.29 is 34.7 Å². The molecule has 1 aliphatic rings. The zero-order valence-electron chi connectivity index (χ0n) is 21.2. The van der Waals surface area contributed by atoms with Crippen molar-refractivity contribution in [2.75, 3.05) is 14.2 Å². The fraction of sp³-hybridized carbons (Fsp3) is 0.207. The molecule has 0 bridgehead atoms. The van der Waals surface area contributed by atoms with E-state index >= 15 is 0 Å². The molecule has 4 aromatic rings. The van der Waals surface area contributed by atoms with Crippen LogP contribution in [0.2, 0.25) is 0 Å². The fourth-order valence-corrected chi connectivity index (χ4v) is 6.31. The summed E-state index contributed by atoms with van der Waals surface area (Å²) in [5, 5.41) is 45.3. The third-order valence-corrected chi connectivity index (χ3v) is 8.93. The average molecular weight is 644 g/mol. The Labute approximate surface area is 235 Å². The first kappa shape index (κ1) is 26.2. The van der Waals surface area contributed by atoms with Crippen LogP contribution in [0.5, 0.6) is 34.5 Å². The van der Waals surface area contributed by atoms with E-state index in [0.29, 0.717) is 49.2 Å². The van der Waals surface area contributed by atoms with Crippen molar-refractivity contribution in [2.45, 2.75) is 26.2 Å². The highest BCUT2D eigenvalue weighted by molar-refractivity contribution is 9.11. The topological polar surface area (TPSA) is 116 Å². The Morgan fingerprint density at radius 2 is 1.39 bits per heavy atom. The normalized spacial score (nSPS) is 13.8. The first-order valence-corrected chi connectivity index (χ1v) is 13.2. The standard InChI is InChI=1S/C29H24Br2O7/c1-11-6-12(37-4)7-17(32)20(11)13-9-18(33)24(30)14-8-15-22(26(34)21(13)14)27(35)23-16(29(15,2)3)10-19(38-5)25(31)28(23)36/h6-10,32-34,36H,1-5H3. The second-order valence-electron chi connectivity index (χ2n) is 9.78. The van der Waals surface area contributed by atoms with Crippen LogP contribution in [0.3, 0.4) is 0 Å². The predicted molar refractivity (Wildman–Crippen MR) is 151 cm³/mol. The predicted octanol–water partition coefficient (Wildman–Crippen LogP) is 7.05. The number of fused-ring (bicyclic) bond motifs is 3. The molecule has 0 heterocycles. The summed E-state index contributed by atoms with van der Waals surface area (Å²) >= 11 is 6.75. The van der Waals surface area contributed by atoms with Crippen LogP contribution in [0.1, 0.15) is 46.5 Å². The number of halogens is 2. The van der Waals surface area contributed by atoms with Gasteiger partial charge in [-0.05, 0) is 79.7 Å². The molecule has 7 nitrogen and oxygen atoms in total. The maximum absolute atomic E-state index is 13.9. The third kappa shape index (κ3) is 3.48. The van der Waals surface area contributed by atoms with Gasteiger partial charge in [-0.2, -0.15) is 0 Å². The second kappa shape index (κ2) is 8.81. The van der Waals surface area contributed by atoms with Gasteiger partial charge in [-0.3, -0.25) is 4.79 Å². The van der Waals surface area contributed by atoms with E-state index < -0.39 is 11.2 Å². The van der Waals surface area contributed by atoms with E-state index in [0.717, 1.165) is 0 Å². The number of hydrogen-bond acceptors (Lipinski definition) is 7. The Morgan fingerprint density at radius 3 is 2.00 bits per heavy atom. The number of methoxy groups -OCH3 is 2. The minimum absolute atomic E-state index is 0.0341. The first-order valence-electron chi connectivity index (χ1n) is 11.6. The van der Waals surface area contributed by atoms with Gasteiger partial charge in [-0.25, -0.2) is 0 Å². The van der Waals surface area contributed by atoms with Crippen molar-refractivity contribution in [1.82, 2.24) is 0 Å². The molecule has 9 heteroatoms. The highest BCUT2D eigenvalue weighted by atomic mass is 79.9. The molecule has 1 aliphatic carbocycles. The van der Waals surface area contributed by atoms with Gasteiger partial charge in [-0.15, -0.1) is 0 Å². The largest absolute Gasteiger partial charge is 0.507 e. The molecule has 0 saturated carbocycles. The summed E-state index contributed by atoms with van der Waals surface area (Å²) in [6, 6.07) is 8.04. The van der Waals surface area contributed by atoms with Crippen LogP contribution in [0.15, 0.2) is 39.3 Å². The zero-order valence-corrected chi connectivity index (χ0v) is 24.3. The molecule has 0 fully saturated rings. The number of aromatic hydroxyl groups is 4. The lowest BCUT2D eigenvalue weighted by Gasteiger charge is -2.36. The Balaban J connectivity index is 1.93. The molecule has 0 aromatic heterocycles. The van der Waals surface area contributed by atoms with Gasteiger partial charge >= 0.3 is 0 Å². The molecule has 0 saturated heterocycles. The lowest BCUT2D eigenvalue weighted by Crippen LogP contribution is -2.31. The molecule has 0 atom stereocenters. The first-order chi connectivity index (χ1) is 17.8. The molecule has 4 N–H and O–H groups in total. The van der Waals surface area contributed by atoms with E-state index in [9.17, 15) is 25.2 Å². The van der Waals surface area contributed by atoms with Gasteiger partial charge in [0.05, 0.1) is 29.8 Å². The van der Waals surface area contributed by atoms with Gasteiger partial charge in [0.1, 0.15) is 39.0 Å². The third-order valence-electron chi connectivity index (χ3n) is 7.33. The SMILES string of the molecule is COc1cc(C)c(-c2cc(O)c(Br)c3cc4c(c(O)c23)C(=O)c2c(cc(OC)c(Br)c2O)C4(C)C)c(O)c1. The van der Waals surface area contributed by atoms with E-state index in [1.807, 2.05) is 13.8 Å². The van der Waals surface area contributed by atoms with Crippen LogP contribution in [0.25, 0.3) is 21.9 Å². The number of benzene rings is 4. The minimum atomic E-state index is -0.848. The number of carbonyl (C=O) groups is 1. The molecule has 0 radical (unpaired) electrons. The number of carbonyl (C=O) groups excluding carboxylic acids is 1. The number of ether oxygens (including phenoxy) is 2. The van der Waals surface area contributed by atoms with Crippen LogP contribution in [0, 0.1) is 6.92 Å². The molecule has 5 rings (SSSR count). The quantitative estimate of drug-likeness (QED) is 0.189. The molecule has 0 aliphatic heterocycles. The summed E-state index contributed by atoms with van der Waals surface area (Å²) in [7, 11) is 2.95. The zero-order chi connectivity index (χ0) is 27.8. The van der Waals surface area contributed by atoms with Crippen LogP contribution in [-0.4, -0.2) is 40.4 Å². The Bertz CT molecular complexity index is 1680. The Morgan fingerprint density at radius 1 is 0.763 bits per heavy atom. The summed E-state index contributed by atoms with van der Waals surface area (Å²) in [5.74, 6) is -0.572. The van der Waals surface area contributed by atoms with E-state index in [1.54, 1.807) is 25.1 Å². The summed E-state index contributed by atoms with van der Waals surface area (Å²) in [5.41, 5.74) is 1.62. The monoisotopic (exact) mass is 642 g/mol. The second-order valence-corrected chi connectivity index (χ2v) is 11.4. The van der Waals surface area contributed by atoms with Gasteiger partial charge in [0, 0.05) is 33.4 Å². The van der Waals surface area contributed by atoms with Crippen LogP contribution in [-0.2, 0) is 5.41 Å². The fourth-order valence-electron chi connectivity index (χ4n) is 5.41. The lowest BCUT2D eigenvalue weighted by atomic mass is 9.67. The molecule has 0 unspecified atom stereocenters. The number of phenols is 4. The summed E-state index contributed by atoms with van der Waals surface area (Å²) in [4.78, 5) is 13.9.